The molecule has 2 aromatic rings. The standard InChI is InChI=1S/C13H13N3O2/c14-13(17)10-7-16-11-4-2-1-3-9(11)12(10)18-8-5-15-6-8/h1-4,7-8,15H,5-6H2,(H2,14,17). The van der Waals surface area contributed by atoms with Crippen LogP contribution in [-0.2, 0) is 0 Å². The molecule has 0 unspecified atom stereocenters. The Kier molecular flexibility index (Phi) is 2.60. The predicted molar refractivity (Wildman–Crippen MR) is 67.5 cm³/mol. The van der Waals surface area contributed by atoms with Gasteiger partial charge in [-0.15, -0.1) is 0 Å². The molecule has 1 aromatic heterocycles. The minimum Gasteiger partial charge on any atom is -0.486 e. The number of fused-ring (bicyclic) bond motifs is 1. The Morgan fingerprint density at radius 3 is 2.83 bits per heavy atom. The topological polar surface area (TPSA) is 77.2 Å². The van der Waals surface area contributed by atoms with Crippen LogP contribution in [0.25, 0.3) is 10.9 Å². The van der Waals surface area contributed by atoms with Crippen molar-refractivity contribution < 1.29 is 9.53 Å². The molecule has 2 heterocycles. The summed E-state index contributed by atoms with van der Waals surface area (Å²) in [4.78, 5) is 15.7. The Hall–Kier alpha value is -2.14. The highest BCUT2D eigenvalue weighted by Crippen LogP contribution is 2.29. The normalized spacial score (nSPS) is 15.3. The summed E-state index contributed by atoms with van der Waals surface area (Å²) in [5, 5.41) is 3.94. The molecule has 3 rings (SSSR count). The highest BCUT2D eigenvalue weighted by atomic mass is 16.5. The number of nitrogens with zero attached hydrogens (tertiary/aromatic N) is 1. The minimum atomic E-state index is -0.518. The molecule has 0 spiro atoms. The second-order valence-electron chi connectivity index (χ2n) is 4.28. The fourth-order valence-corrected chi connectivity index (χ4v) is 1.93. The first-order valence-corrected chi connectivity index (χ1v) is 5.80. The van der Waals surface area contributed by atoms with E-state index >= 15 is 0 Å². The molecule has 0 saturated carbocycles. The number of carbonyl (C=O) groups excluding carboxylic acids is 1. The van der Waals surface area contributed by atoms with Gasteiger partial charge in [0.2, 0.25) is 0 Å². The van der Waals surface area contributed by atoms with E-state index in [-0.39, 0.29) is 6.10 Å². The van der Waals surface area contributed by atoms with Crippen LogP contribution in [0.3, 0.4) is 0 Å². The van der Waals surface area contributed by atoms with Crippen molar-refractivity contribution >= 4 is 16.8 Å². The van der Waals surface area contributed by atoms with Gasteiger partial charge < -0.3 is 15.8 Å². The molecule has 92 valence electrons. The summed E-state index contributed by atoms with van der Waals surface area (Å²) in [6.07, 6.45) is 1.57. The maximum absolute atomic E-state index is 11.4. The number of benzene rings is 1. The van der Waals surface area contributed by atoms with Crippen molar-refractivity contribution in [1.29, 1.82) is 0 Å². The maximum atomic E-state index is 11.4. The summed E-state index contributed by atoms with van der Waals surface area (Å²) in [5.41, 5.74) is 6.50. The van der Waals surface area contributed by atoms with E-state index < -0.39 is 5.91 Å². The number of nitrogens with one attached hydrogen (secondary N) is 1. The van der Waals surface area contributed by atoms with E-state index in [1.54, 1.807) is 0 Å². The van der Waals surface area contributed by atoms with Crippen molar-refractivity contribution in [2.75, 3.05) is 13.1 Å². The van der Waals surface area contributed by atoms with Crippen molar-refractivity contribution in [2.24, 2.45) is 5.73 Å². The Morgan fingerprint density at radius 1 is 1.39 bits per heavy atom. The zero-order chi connectivity index (χ0) is 12.5. The predicted octanol–water partition coefficient (Wildman–Crippen LogP) is 0.684. The van der Waals surface area contributed by atoms with E-state index in [9.17, 15) is 4.79 Å². The SMILES string of the molecule is NC(=O)c1cnc2ccccc2c1OC1CNC1. The molecule has 5 nitrogen and oxygen atoms in total. The first kappa shape index (κ1) is 11.0. The highest BCUT2D eigenvalue weighted by molar-refractivity contribution is 6.01. The van der Waals surface area contributed by atoms with E-state index in [1.165, 1.54) is 6.20 Å². The third-order valence-electron chi connectivity index (χ3n) is 3.02. The quantitative estimate of drug-likeness (QED) is 0.831. The summed E-state index contributed by atoms with van der Waals surface area (Å²) < 4.78 is 5.85. The van der Waals surface area contributed by atoms with Crippen LogP contribution in [0.5, 0.6) is 5.75 Å². The van der Waals surface area contributed by atoms with Gasteiger partial charge in [-0.1, -0.05) is 12.1 Å². The minimum absolute atomic E-state index is 0.0916. The van der Waals surface area contributed by atoms with Gasteiger partial charge in [0.1, 0.15) is 17.4 Å². The Morgan fingerprint density at radius 2 is 2.17 bits per heavy atom. The zero-order valence-electron chi connectivity index (χ0n) is 9.72. The van der Waals surface area contributed by atoms with Crippen LogP contribution in [0.4, 0.5) is 0 Å². The van der Waals surface area contributed by atoms with Gasteiger partial charge in [-0.2, -0.15) is 0 Å². The van der Waals surface area contributed by atoms with Gasteiger partial charge in [0.15, 0.2) is 0 Å². The van der Waals surface area contributed by atoms with Crippen LogP contribution in [0, 0.1) is 0 Å². The highest BCUT2D eigenvalue weighted by Gasteiger charge is 2.22. The van der Waals surface area contributed by atoms with Gasteiger partial charge in [0.25, 0.3) is 5.91 Å². The number of amides is 1. The fourth-order valence-electron chi connectivity index (χ4n) is 1.93. The lowest BCUT2D eigenvalue weighted by Gasteiger charge is -2.28. The lowest BCUT2D eigenvalue weighted by Crippen LogP contribution is -2.50. The van der Waals surface area contributed by atoms with Crippen LogP contribution < -0.4 is 15.8 Å². The summed E-state index contributed by atoms with van der Waals surface area (Å²) in [7, 11) is 0. The molecule has 1 aliphatic heterocycles. The lowest BCUT2D eigenvalue weighted by molar-refractivity contribution is 0.0985. The molecular formula is C13H13N3O2. The van der Waals surface area contributed by atoms with E-state index in [2.05, 4.69) is 10.3 Å². The van der Waals surface area contributed by atoms with Crippen LogP contribution in [0.1, 0.15) is 10.4 Å². The lowest BCUT2D eigenvalue weighted by atomic mass is 10.1. The number of primary amides is 1. The molecule has 1 aromatic carbocycles. The summed E-state index contributed by atoms with van der Waals surface area (Å²) in [5.74, 6) is 0.0233. The number of hydrogen-bond donors (Lipinski definition) is 2. The molecule has 1 amide bonds. The molecule has 18 heavy (non-hydrogen) atoms. The number of hydrogen-bond acceptors (Lipinski definition) is 4. The van der Waals surface area contributed by atoms with E-state index in [0.29, 0.717) is 11.3 Å². The van der Waals surface area contributed by atoms with E-state index in [4.69, 9.17) is 10.5 Å². The Labute approximate surface area is 104 Å². The smallest absolute Gasteiger partial charge is 0.254 e. The first-order chi connectivity index (χ1) is 8.75. The van der Waals surface area contributed by atoms with E-state index in [0.717, 1.165) is 24.0 Å². The molecule has 0 bridgehead atoms. The fraction of sp³-hybridized carbons (Fsp3) is 0.231. The number of para-hydroxylation sites is 1. The van der Waals surface area contributed by atoms with Gasteiger partial charge in [-0.05, 0) is 12.1 Å². The maximum Gasteiger partial charge on any atom is 0.254 e. The van der Waals surface area contributed by atoms with Crippen molar-refractivity contribution in [2.45, 2.75) is 6.10 Å². The van der Waals surface area contributed by atoms with Crippen molar-refractivity contribution in [3.8, 4) is 5.75 Å². The second kappa shape index (κ2) is 4.27. The molecule has 0 aliphatic carbocycles. The van der Waals surface area contributed by atoms with Crippen LogP contribution in [-0.4, -0.2) is 30.1 Å². The van der Waals surface area contributed by atoms with Gasteiger partial charge in [0.05, 0.1) is 5.52 Å². The van der Waals surface area contributed by atoms with Crippen molar-refractivity contribution in [1.82, 2.24) is 10.3 Å². The second-order valence-corrected chi connectivity index (χ2v) is 4.28. The van der Waals surface area contributed by atoms with E-state index in [1.807, 2.05) is 24.3 Å². The zero-order valence-corrected chi connectivity index (χ0v) is 9.72. The molecule has 3 N–H and O–H groups in total. The first-order valence-electron chi connectivity index (χ1n) is 5.80. The van der Waals surface area contributed by atoms with Gasteiger partial charge in [-0.25, -0.2) is 0 Å². The molecule has 1 saturated heterocycles. The van der Waals surface area contributed by atoms with Gasteiger partial charge in [-0.3, -0.25) is 9.78 Å². The molecule has 5 heteroatoms. The molecule has 1 aliphatic rings. The number of ether oxygens (including phenoxy) is 1. The van der Waals surface area contributed by atoms with Crippen molar-refractivity contribution in [3.63, 3.8) is 0 Å². The number of carbonyl (C=O) groups is 1. The van der Waals surface area contributed by atoms with Crippen LogP contribution >= 0.6 is 0 Å². The molecule has 0 atom stereocenters. The average Bonchev–Trinajstić information content (AvgIpc) is 2.33. The third-order valence-corrected chi connectivity index (χ3v) is 3.02. The average molecular weight is 243 g/mol. The molecule has 0 radical (unpaired) electrons. The molecule has 1 fully saturated rings. The number of rotatable bonds is 3. The van der Waals surface area contributed by atoms with Crippen LogP contribution in [0.15, 0.2) is 30.5 Å². The van der Waals surface area contributed by atoms with Crippen LogP contribution in [0.2, 0.25) is 0 Å². The number of pyridine rings is 1. The number of nitrogens with two attached hydrogens (primary N) is 1. The molecular weight excluding hydrogens is 230 g/mol. The van der Waals surface area contributed by atoms with Gasteiger partial charge in [0, 0.05) is 24.7 Å². The Balaban J connectivity index is 2.14. The third kappa shape index (κ3) is 1.78. The summed E-state index contributed by atoms with van der Waals surface area (Å²) >= 11 is 0. The Bertz CT molecular complexity index is 608. The number of aromatic nitrogens is 1. The summed E-state index contributed by atoms with van der Waals surface area (Å²) in [6, 6.07) is 7.55. The summed E-state index contributed by atoms with van der Waals surface area (Å²) in [6.45, 7) is 1.57. The largest absolute Gasteiger partial charge is 0.486 e. The van der Waals surface area contributed by atoms with Gasteiger partial charge >= 0.3 is 0 Å². The monoisotopic (exact) mass is 243 g/mol. The van der Waals surface area contributed by atoms with Crippen molar-refractivity contribution in [3.05, 3.63) is 36.0 Å².